The van der Waals surface area contributed by atoms with E-state index in [1.54, 1.807) is 11.9 Å². The fourth-order valence-electron chi connectivity index (χ4n) is 3.09. The van der Waals surface area contributed by atoms with E-state index in [1.807, 2.05) is 0 Å². The van der Waals surface area contributed by atoms with Crippen LogP contribution in [0, 0.1) is 11.8 Å². The van der Waals surface area contributed by atoms with Crippen LogP contribution in [-0.4, -0.2) is 61.4 Å². The largest absolute Gasteiger partial charge is 0.388 e. The molecule has 2 atom stereocenters. The van der Waals surface area contributed by atoms with Crippen molar-refractivity contribution in [3.05, 3.63) is 0 Å². The highest BCUT2D eigenvalue weighted by Gasteiger charge is 2.34. The number of hydrogen-bond donors (Lipinski definition) is 2. The zero-order chi connectivity index (χ0) is 13.9. The minimum Gasteiger partial charge on any atom is -0.388 e. The molecule has 2 N–H and O–H groups in total. The van der Waals surface area contributed by atoms with E-state index in [-0.39, 0.29) is 11.8 Å². The van der Waals surface area contributed by atoms with E-state index < -0.39 is 5.60 Å². The molecule has 2 heterocycles. The van der Waals surface area contributed by atoms with Crippen LogP contribution < -0.4 is 5.32 Å². The third kappa shape index (κ3) is 3.91. The number of hydrogen-bond acceptors (Lipinski definition) is 4. The monoisotopic (exact) mass is 270 g/mol. The lowest BCUT2D eigenvalue weighted by Gasteiger charge is -2.37. The predicted octanol–water partition coefficient (Wildman–Crippen LogP) is 0.232. The Kier molecular flexibility index (Phi) is 4.81. The molecular weight excluding hydrogens is 244 g/mol. The van der Waals surface area contributed by atoms with Gasteiger partial charge in [-0.3, -0.25) is 4.79 Å². The summed E-state index contributed by atoms with van der Waals surface area (Å²) in [4.78, 5) is 14.1. The quantitative estimate of drug-likeness (QED) is 0.771. The number of ether oxygens (including phenoxy) is 1. The van der Waals surface area contributed by atoms with E-state index in [0.717, 1.165) is 19.5 Å². The first kappa shape index (κ1) is 14.8. The number of piperidine rings is 1. The van der Waals surface area contributed by atoms with Gasteiger partial charge in [0.2, 0.25) is 5.91 Å². The maximum absolute atomic E-state index is 12.4. The lowest BCUT2D eigenvalue weighted by Crippen LogP contribution is -2.50. The number of likely N-dealkylation sites (N-methyl/N-ethyl adjacent to an activating group) is 1. The number of amides is 1. The summed E-state index contributed by atoms with van der Waals surface area (Å²) in [5.41, 5.74) is -0.767. The third-order valence-electron chi connectivity index (χ3n) is 4.25. The SMILES string of the molecule is CC1CNCC(C(=O)N(C)CC2(O)CCOCC2)C1. The summed E-state index contributed by atoms with van der Waals surface area (Å²) >= 11 is 0. The Hall–Kier alpha value is -0.650. The van der Waals surface area contributed by atoms with Crippen molar-refractivity contribution in [3.8, 4) is 0 Å². The lowest BCUT2D eigenvalue weighted by molar-refractivity contribution is -0.141. The first-order valence-electron chi connectivity index (χ1n) is 7.26. The van der Waals surface area contributed by atoms with E-state index in [0.29, 0.717) is 38.5 Å². The Bertz CT molecular complexity index is 316. The first-order chi connectivity index (χ1) is 9.00. The number of nitrogens with zero attached hydrogens (tertiary/aromatic N) is 1. The van der Waals surface area contributed by atoms with Crippen LogP contribution in [-0.2, 0) is 9.53 Å². The molecule has 1 amide bonds. The normalized spacial score (nSPS) is 30.9. The molecule has 2 fully saturated rings. The average molecular weight is 270 g/mol. The second-order valence-electron chi connectivity index (χ2n) is 6.23. The fraction of sp³-hybridized carbons (Fsp3) is 0.929. The second kappa shape index (κ2) is 6.20. The van der Waals surface area contributed by atoms with E-state index >= 15 is 0 Å². The van der Waals surface area contributed by atoms with Crippen LogP contribution in [0.1, 0.15) is 26.2 Å². The Morgan fingerprint density at radius 1 is 1.42 bits per heavy atom. The first-order valence-corrected chi connectivity index (χ1v) is 7.26. The summed E-state index contributed by atoms with van der Waals surface area (Å²) in [6, 6.07) is 0. The van der Waals surface area contributed by atoms with Crippen molar-refractivity contribution in [1.29, 1.82) is 0 Å². The van der Waals surface area contributed by atoms with E-state index in [9.17, 15) is 9.90 Å². The fourth-order valence-corrected chi connectivity index (χ4v) is 3.09. The molecule has 2 aliphatic rings. The van der Waals surface area contributed by atoms with Crippen molar-refractivity contribution in [2.45, 2.75) is 31.8 Å². The average Bonchev–Trinajstić information content (AvgIpc) is 2.38. The van der Waals surface area contributed by atoms with Crippen LogP contribution in [0.4, 0.5) is 0 Å². The smallest absolute Gasteiger partial charge is 0.226 e. The molecule has 0 radical (unpaired) electrons. The number of carbonyl (C=O) groups is 1. The number of nitrogens with one attached hydrogen (secondary N) is 1. The van der Waals surface area contributed by atoms with Crippen molar-refractivity contribution in [2.75, 3.05) is 39.9 Å². The summed E-state index contributed by atoms with van der Waals surface area (Å²) in [6.45, 7) is 5.50. The molecule has 0 spiro atoms. The molecule has 0 bridgehead atoms. The highest BCUT2D eigenvalue weighted by molar-refractivity contribution is 5.79. The van der Waals surface area contributed by atoms with Gasteiger partial charge in [-0.25, -0.2) is 0 Å². The molecule has 2 aliphatic heterocycles. The molecule has 2 saturated heterocycles. The van der Waals surface area contributed by atoms with Gasteiger partial charge in [0.05, 0.1) is 11.5 Å². The molecule has 0 aromatic carbocycles. The molecule has 19 heavy (non-hydrogen) atoms. The van der Waals surface area contributed by atoms with Gasteiger partial charge in [0.25, 0.3) is 0 Å². The molecule has 0 aromatic rings. The minimum atomic E-state index is -0.767. The number of aliphatic hydroxyl groups is 1. The molecule has 5 heteroatoms. The lowest BCUT2D eigenvalue weighted by atomic mass is 9.89. The van der Waals surface area contributed by atoms with E-state index in [4.69, 9.17) is 4.74 Å². The highest BCUT2D eigenvalue weighted by atomic mass is 16.5. The van der Waals surface area contributed by atoms with Crippen molar-refractivity contribution >= 4 is 5.91 Å². The van der Waals surface area contributed by atoms with Crippen molar-refractivity contribution in [3.63, 3.8) is 0 Å². The second-order valence-corrected chi connectivity index (χ2v) is 6.23. The van der Waals surface area contributed by atoms with Crippen LogP contribution >= 0.6 is 0 Å². The summed E-state index contributed by atoms with van der Waals surface area (Å²) in [5, 5.41) is 13.8. The van der Waals surface area contributed by atoms with Gasteiger partial charge in [0, 0.05) is 46.2 Å². The van der Waals surface area contributed by atoms with Crippen LogP contribution in [0.5, 0.6) is 0 Å². The van der Waals surface area contributed by atoms with E-state index in [2.05, 4.69) is 12.2 Å². The van der Waals surface area contributed by atoms with Gasteiger partial charge in [-0.05, 0) is 18.9 Å². The molecule has 5 nitrogen and oxygen atoms in total. The molecule has 0 aliphatic carbocycles. The van der Waals surface area contributed by atoms with Gasteiger partial charge in [0.1, 0.15) is 0 Å². The molecule has 2 unspecified atom stereocenters. The van der Waals surface area contributed by atoms with Crippen molar-refractivity contribution in [1.82, 2.24) is 10.2 Å². The summed E-state index contributed by atoms with van der Waals surface area (Å²) < 4.78 is 5.26. The standard InChI is InChI=1S/C14H26N2O3/c1-11-7-12(9-15-8-11)13(17)16(2)10-14(18)3-5-19-6-4-14/h11-12,15,18H,3-10H2,1-2H3. The molecule has 110 valence electrons. The Morgan fingerprint density at radius 2 is 2.11 bits per heavy atom. The molecule has 2 rings (SSSR count). The van der Waals surface area contributed by atoms with Gasteiger partial charge in [-0.1, -0.05) is 6.92 Å². The van der Waals surface area contributed by atoms with Crippen LogP contribution in [0.25, 0.3) is 0 Å². The number of carbonyl (C=O) groups excluding carboxylic acids is 1. The van der Waals surface area contributed by atoms with Gasteiger partial charge in [-0.2, -0.15) is 0 Å². The summed E-state index contributed by atoms with van der Waals surface area (Å²) in [7, 11) is 1.80. The molecular formula is C14H26N2O3. The minimum absolute atomic E-state index is 0.0530. The molecule has 0 aromatic heterocycles. The molecule has 0 saturated carbocycles. The maximum Gasteiger partial charge on any atom is 0.226 e. The van der Waals surface area contributed by atoms with Gasteiger partial charge in [0.15, 0.2) is 0 Å². The van der Waals surface area contributed by atoms with Crippen LogP contribution in [0.3, 0.4) is 0 Å². The van der Waals surface area contributed by atoms with Crippen molar-refractivity contribution < 1.29 is 14.6 Å². The predicted molar refractivity (Wildman–Crippen MR) is 72.8 cm³/mol. The Balaban J connectivity index is 1.87. The third-order valence-corrected chi connectivity index (χ3v) is 4.25. The number of rotatable bonds is 3. The van der Waals surface area contributed by atoms with Crippen LogP contribution in [0.2, 0.25) is 0 Å². The summed E-state index contributed by atoms with van der Waals surface area (Å²) in [5.74, 6) is 0.749. The van der Waals surface area contributed by atoms with Crippen LogP contribution in [0.15, 0.2) is 0 Å². The maximum atomic E-state index is 12.4. The summed E-state index contributed by atoms with van der Waals surface area (Å²) in [6.07, 6.45) is 2.17. The van der Waals surface area contributed by atoms with Gasteiger partial charge in [-0.15, -0.1) is 0 Å². The van der Waals surface area contributed by atoms with E-state index in [1.165, 1.54) is 0 Å². The zero-order valence-corrected chi connectivity index (χ0v) is 12.0. The van der Waals surface area contributed by atoms with Gasteiger partial charge >= 0.3 is 0 Å². The van der Waals surface area contributed by atoms with Gasteiger partial charge < -0.3 is 20.1 Å². The topological polar surface area (TPSA) is 61.8 Å². The van der Waals surface area contributed by atoms with Crippen molar-refractivity contribution in [2.24, 2.45) is 11.8 Å². The zero-order valence-electron chi connectivity index (χ0n) is 12.0. The Morgan fingerprint density at radius 3 is 2.74 bits per heavy atom. The Labute approximate surface area is 115 Å². The highest BCUT2D eigenvalue weighted by Crippen LogP contribution is 2.23.